The number of ether oxygens (including phenoxy) is 1. The van der Waals surface area contributed by atoms with Gasteiger partial charge in [-0.05, 0) is 23.6 Å². The van der Waals surface area contributed by atoms with Crippen molar-refractivity contribution in [1.82, 2.24) is 4.72 Å². The predicted octanol–water partition coefficient (Wildman–Crippen LogP) is 1.78. The number of rotatable bonds is 7. The lowest BCUT2D eigenvalue weighted by Gasteiger charge is -2.21. The SMILES string of the molecule is COCC(NS(=O)(=O)c1cc(CO)ccc1Cl)C(C)C. The first-order valence-corrected chi connectivity index (χ1v) is 8.08. The number of sulfonamides is 1. The van der Waals surface area contributed by atoms with Crippen LogP contribution in [0.25, 0.3) is 0 Å². The summed E-state index contributed by atoms with van der Waals surface area (Å²) in [4.78, 5) is -0.0348. The summed E-state index contributed by atoms with van der Waals surface area (Å²) in [5, 5.41) is 9.21. The number of aliphatic hydroxyl groups is 1. The van der Waals surface area contributed by atoms with E-state index in [0.29, 0.717) is 5.56 Å². The van der Waals surface area contributed by atoms with Gasteiger partial charge in [-0.3, -0.25) is 0 Å². The monoisotopic (exact) mass is 321 g/mol. The molecule has 1 atom stereocenters. The van der Waals surface area contributed by atoms with Crippen molar-refractivity contribution in [2.45, 2.75) is 31.4 Å². The molecule has 0 saturated carbocycles. The fraction of sp³-hybridized carbons (Fsp3) is 0.538. The molecule has 0 aromatic heterocycles. The molecule has 0 fully saturated rings. The highest BCUT2D eigenvalue weighted by Gasteiger charge is 2.24. The lowest BCUT2D eigenvalue weighted by Crippen LogP contribution is -2.41. The second-order valence-electron chi connectivity index (χ2n) is 4.85. The van der Waals surface area contributed by atoms with Crippen LogP contribution in [0.5, 0.6) is 0 Å². The summed E-state index contributed by atoms with van der Waals surface area (Å²) in [5.41, 5.74) is 0.489. The lowest BCUT2D eigenvalue weighted by molar-refractivity contribution is 0.157. The van der Waals surface area contributed by atoms with E-state index in [2.05, 4.69) is 4.72 Å². The van der Waals surface area contributed by atoms with E-state index < -0.39 is 10.0 Å². The van der Waals surface area contributed by atoms with Gasteiger partial charge in [0.1, 0.15) is 4.90 Å². The lowest BCUT2D eigenvalue weighted by atomic mass is 10.1. The van der Waals surface area contributed by atoms with Crippen molar-refractivity contribution in [3.05, 3.63) is 28.8 Å². The molecule has 2 N–H and O–H groups in total. The van der Waals surface area contributed by atoms with Crippen molar-refractivity contribution in [1.29, 1.82) is 0 Å². The maximum atomic E-state index is 12.4. The van der Waals surface area contributed by atoms with Gasteiger partial charge in [0.05, 0.1) is 18.2 Å². The predicted molar refractivity (Wildman–Crippen MR) is 78.2 cm³/mol. The van der Waals surface area contributed by atoms with Gasteiger partial charge in [0.2, 0.25) is 10.0 Å². The number of halogens is 1. The molecule has 0 aliphatic rings. The highest BCUT2D eigenvalue weighted by Crippen LogP contribution is 2.23. The minimum atomic E-state index is -3.76. The van der Waals surface area contributed by atoms with Crippen molar-refractivity contribution >= 4 is 21.6 Å². The van der Waals surface area contributed by atoms with Crippen molar-refractivity contribution < 1.29 is 18.3 Å². The summed E-state index contributed by atoms with van der Waals surface area (Å²) in [6, 6.07) is 4.06. The van der Waals surface area contributed by atoms with Gasteiger partial charge >= 0.3 is 0 Å². The summed E-state index contributed by atoms with van der Waals surface area (Å²) in [7, 11) is -2.25. The number of hydrogen-bond acceptors (Lipinski definition) is 4. The van der Waals surface area contributed by atoms with Crippen LogP contribution in [0.1, 0.15) is 19.4 Å². The molecular formula is C13H20ClNO4S. The van der Waals surface area contributed by atoms with Gasteiger partial charge in [-0.15, -0.1) is 0 Å². The van der Waals surface area contributed by atoms with Crippen molar-refractivity contribution in [2.24, 2.45) is 5.92 Å². The molecule has 20 heavy (non-hydrogen) atoms. The third-order valence-corrected chi connectivity index (χ3v) is 4.90. The fourth-order valence-corrected chi connectivity index (χ4v) is 3.58. The Morgan fingerprint density at radius 3 is 2.55 bits per heavy atom. The summed E-state index contributed by atoms with van der Waals surface area (Å²) < 4.78 is 32.4. The summed E-state index contributed by atoms with van der Waals surface area (Å²) in [6.07, 6.45) is 0. The number of aliphatic hydroxyl groups excluding tert-OH is 1. The van der Waals surface area contributed by atoms with E-state index in [0.717, 1.165) is 0 Å². The first-order chi connectivity index (χ1) is 9.31. The topological polar surface area (TPSA) is 75.6 Å². The number of methoxy groups -OCH3 is 1. The Morgan fingerprint density at radius 2 is 2.05 bits per heavy atom. The van der Waals surface area contributed by atoms with Gasteiger partial charge in [-0.25, -0.2) is 13.1 Å². The van der Waals surface area contributed by atoms with Crippen molar-refractivity contribution in [3.63, 3.8) is 0 Å². The Hall–Kier alpha value is -0.660. The quantitative estimate of drug-likeness (QED) is 0.802. The van der Waals surface area contributed by atoms with Crippen LogP contribution in [0.15, 0.2) is 23.1 Å². The second kappa shape index (κ2) is 7.38. The summed E-state index contributed by atoms with van der Waals surface area (Å²) >= 11 is 5.95. The van der Waals surface area contributed by atoms with Crippen molar-refractivity contribution in [3.8, 4) is 0 Å². The van der Waals surface area contributed by atoms with E-state index in [1.165, 1.54) is 19.2 Å². The van der Waals surface area contributed by atoms with Gasteiger partial charge in [0.25, 0.3) is 0 Å². The van der Waals surface area contributed by atoms with Crippen LogP contribution in [-0.4, -0.2) is 33.3 Å². The Morgan fingerprint density at radius 1 is 1.40 bits per heavy atom. The molecule has 0 saturated heterocycles. The van der Waals surface area contributed by atoms with E-state index in [4.69, 9.17) is 21.4 Å². The minimum absolute atomic E-state index is 0.0348. The minimum Gasteiger partial charge on any atom is -0.392 e. The maximum Gasteiger partial charge on any atom is 0.242 e. The molecule has 0 radical (unpaired) electrons. The van der Waals surface area contributed by atoms with Crippen LogP contribution >= 0.6 is 11.6 Å². The van der Waals surface area contributed by atoms with Gasteiger partial charge in [-0.2, -0.15) is 0 Å². The van der Waals surface area contributed by atoms with Crippen LogP contribution in [0.4, 0.5) is 0 Å². The van der Waals surface area contributed by atoms with Crippen LogP contribution in [-0.2, 0) is 21.4 Å². The number of nitrogens with one attached hydrogen (secondary N) is 1. The van der Waals surface area contributed by atoms with E-state index in [1.807, 2.05) is 13.8 Å². The molecule has 5 nitrogen and oxygen atoms in total. The third-order valence-electron chi connectivity index (χ3n) is 2.93. The molecule has 0 bridgehead atoms. The molecule has 0 aliphatic carbocycles. The molecule has 0 amide bonds. The van der Waals surface area contributed by atoms with E-state index in [1.54, 1.807) is 6.07 Å². The average molecular weight is 322 g/mol. The van der Waals surface area contributed by atoms with Gasteiger partial charge < -0.3 is 9.84 Å². The third kappa shape index (κ3) is 4.43. The van der Waals surface area contributed by atoms with E-state index in [9.17, 15) is 8.42 Å². The van der Waals surface area contributed by atoms with E-state index >= 15 is 0 Å². The Bertz CT molecular complexity index is 545. The van der Waals surface area contributed by atoms with Crippen molar-refractivity contribution in [2.75, 3.05) is 13.7 Å². The molecule has 1 unspecified atom stereocenters. The van der Waals surface area contributed by atoms with Gasteiger partial charge in [0, 0.05) is 13.2 Å². The number of hydrogen-bond donors (Lipinski definition) is 2. The largest absolute Gasteiger partial charge is 0.392 e. The van der Waals surface area contributed by atoms with Gasteiger partial charge in [-0.1, -0.05) is 31.5 Å². The molecule has 1 aromatic rings. The standard InChI is InChI=1S/C13H20ClNO4S/c1-9(2)12(8-19-3)15-20(17,18)13-6-10(7-16)4-5-11(13)14/h4-6,9,12,15-16H,7-8H2,1-3H3. The molecule has 1 rings (SSSR count). The zero-order valence-electron chi connectivity index (χ0n) is 11.8. The summed E-state index contributed by atoms with van der Waals surface area (Å²) in [6.45, 7) is 3.83. The molecule has 0 spiro atoms. The zero-order valence-corrected chi connectivity index (χ0v) is 13.3. The summed E-state index contributed by atoms with van der Waals surface area (Å²) in [5.74, 6) is 0.0736. The highest BCUT2D eigenvalue weighted by atomic mass is 35.5. The van der Waals surface area contributed by atoms with Crippen LogP contribution in [0, 0.1) is 5.92 Å². The van der Waals surface area contributed by atoms with E-state index in [-0.39, 0.29) is 35.1 Å². The molecule has 0 aliphatic heterocycles. The molecular weight excluding hydrogens is 302 g/mol. The fourth-order valence-electron chi connectivity index (χ4n) is 1.66. The Balaban J connectivity index is 3.09. The molecule has 114 valence electrons. The average Bonchev–Trinajstić information content (AvgIpc) is 2.38. The normalized spacial score (nSPS) is 13.7. The maximum absolute atomic E-state index is 12.4. The number of benzene rings is 1. The molecule has 7 heteroatoms. The smallest absolute Gasteiger partial charge is 0.242 e. The van der Waals surface area contributed by atoms with Crippen LogP contribution < -0.4 is 4.72 Å². The molecule has 0 heterocycles. The second-order valence-corrected chi connectivity index (χ2v) is 6.94. The Kier molecular flexibility index (Phi) is 6.42. The van der Waals surface area contributed by atoms with Crippen LogP contribution in [0.3, 0.4) is 0 Å². The Labute approximate surface area is 125 Å². The highest BCUT2D eigenvalue weighted by molar-refractivity contribution is 7.89. The first kappa shape index (κ1) is 17.4. The van der Waals surface area contributed by atoms with Gasteiger partial charge in [0.15, 0.2) is 0 Å². The van der Waals surface area contributed by atoms with Crippen LogP contribution in [0.2, 0.25) is 5.02 Å². The first-order valence-electron chi connectivity index (χ1n) is 6.22. The zero-order chi connectivity index (χ0) is 15.3. The molecule has 1 aromatic carbocycles.